The molecule has 2 N–H and O–H groups in total. The Morgan fingerprint density at radius 3 is 2.67 bits per heavy atom. The van der Waals surface area contributed by atoms with Gasteiger partial charge in [0.25, 0.3) is 0 Å². The SMILES string of the molecule is CCC1CCC(N(C)c2ccc3cnccc3c2N)CC1. The minimum atomic E-state index is 0.620. The lowest BCUT2D eigenvalue weighted by Gasteiger charge is -2.36. The van der Waals surface area contributed by atoms with Crippen LogP contribution in [0, 0.1) is 5.92 Å². The molecule has 1 saturated carbocycles. The quantitative estimate of drug-likeness (QED) is 0.857. The lowest BCUT2D eigenvalue weighted by molar-refractivity contribution is 0.313. The van der Waals surface area contributed by atoms with E-state index in [0.717, 1.165) is 28.1 Å². The molecule has 1 heterocycles. The van der Waals surface area contributed by atoms with Crippen LogP contribution in [0.3, 0.4) is 0 Å². The summed E-state index contributed by atoms with van der Waals surface area (Å²) in [5.74, 6) is 0.926. The van der Waals surface area contributed by atoms with Gasteiger partial charge in [-0.05, 0) is 43.7 Å². The molecule has 0 spiro atoms. The second-order valence-electron chi connectivity index (χ2n) is 6.29. The van der Waals surface area contributed by atoms with E-state index in [9.17, 15) is 0 Å². The Bertz CT molecular complexity index is 615. The lowest BCUT2D eigenvalue weighted by atomic mass is 9.84. The third-order valence-corrected chi connectivity index (χ3v) is 5.16. The van der Waals surface area contributed by atoms with Gasteiger partial charge in [0.2, 0.25) is 0 Å². The number of pyridine rings is 1. The first-order valence-corrected chi connectivity index (χ1v) is 8.05. The summed E-state index contributed by atoms with van der Waals surface area (Å²) in [5, 5.41) is 2.22. The number of hydrogen-bond donors (Lipinski definition) is 1. The molecule has 0 unspecified atom stereocenters. The van der Waals surface area contributed by atoms with E-state index in [-0.39, 0.29) is 0 Å². The van der Waals surface area contributed by atoms with Crippen molar-refractivity contribution in [2.24, 2.45) is 5.92 Å². The van der Waals surface area contributed by atoms with Gasteiger partial charge < -0.3 is 10.6 Å². The van der Waals surface area contributed by atoms with E-state index >= 15 is 0 Å². The van der Waals surface area contributed by atoms with Gasteiger partial charge in [0, 0.05) is 36.3 Å². The molecule has 0 atom stereocenters. The first-order chi connectivity index (χ1) is 10.2. The number of nitrogens with two attached hydrogens (primary N) is 1. The molecule has 0 radical (unpaired) electrons. The predicted octanol–water partition coefficient (Wildman–Crippen LogP) is 4.22. The highest BCUT2D eigenvalue weighted by atomic mass is 15.1. The fraction of sp³-hybridized carbons (Fsp3) is 0.500. The molecule has 3 rings (SSSR count). The van der Waals surface area contributed by atoms with Crippen LogP contribution in [0.5, 0.6) is 0 Å². The van der Waals surface area contributed by atoms with Gasteiger partial charge in [-0.25, -0.2) is 0 Å². The van der Waals surface area contributed by atoms with Crippen molar-refractivity contribution in [1.82, 2.24) is 4.98 Å². The second-order valence-corrected chi connectivity index (χ2v) is 6.29. The van der Waals surface area contributed by atoms with Crippen molar-refractivity contribution in [1.29, 1.82) is 0 Å². The predicted molar refractivity (Wildman–Crippen MR) is 90.6 cm³/mol. The van der Waals surface area contributed by atoms with Crippen molar-refractivity contribution in [3.05, 3.63) is 30.6 Å². The maximum atomic E-state index is 6.41. The zero-order valence-electron chi connectivity index (χ0n) is 13.0. The van der Waals surface area contributed by atoms with E-state index in [0.29, 0.717) is 6.04 Å². The number of nitrogens with zero attached hydrogens (tertiary/aromatic N) is 2. The topological polar surface area (TPSA) is 42.2 Å². The van der Waals surface area contributed by atoms with E-state index in [2.05, 4.69) is 36.0 Å². The summed E-state index contributed by atoms with van der Waals surface area (Å²) in [6, 6.07) is 6.90. The zero-order valence-corrected chi connectivity index (χ0v) is 13.0. The minimum absolute atomic E-state index is 0.620. The van der Waals surface area contributed by atoms with Crippen LogP contribution in [-0.2, 0) is 0 Å². The fourth-order valence-corrected chi connectivity index (χ4v) is 3.63. The highest BCUT2D eigenvalue weighted by Crippen LogP contribution is 2.35. The Balaban J connectivity index is 1.85. The van der Waals surface area contributed by atoms with Crippen molar-refractivity contribution < 1.29 is 0 Å². The second kappa shape index (κ2) is 5.92. The third-order valence-electron chi connectivity index (χ3n) is 5.16. The fourth-order valence-electron chi connectivity index (χ4n) is 3.63. The Labute approximate surface area is 127 Å². The Hall–Kier alpha value is -1.77. The number of fused-ring (bicyclic) bond motifs is 1. The average Bonchev–Trinajstić information content (AvgIpc) is 2.55. The van der Waals surface area contributed by atoms with Crippen molar-refractivity contribution in [3.63, 3.8) is 0 Å². The van der Waals surface area contributed by atoms with E-state index in [4.69, 9.17) is 5.73 Å². The van der Waals surface area contributed by atoms with Gasteiger partial charge in [0.15, 0.2) is 0 Å². The largest absolute Gasteiger partial charge is 0.397 e. The minimum Gasteiger partial charge on any atom is -0.397 e. The molecule has 0 bridgehead atoms. The monoisotopic (exact) mass is 283 g/mol. The first-order valence-electron chi connectivity index (χ1n) is 8.05. The molecule has 3 heteroatoms. The number of hydrogen-bond acceptors (Lipinski definition) is 3. The van der Waals surface area contributed by atoms with Gasteiger partial charge in [0.1, 0.15) is 0 Å². The van der Waals surface area contributed by atoms with Crippen LogP contribution in [-0.4, -0.2) is 18.1 Å². The van der Waals surface area contributed by atoms with E-state index in [1.165, 1.54) is 32.1 Å². The zero-order chi connectivity index (χ0) is 14.8. The van der Waals surface area contributed by atoms with Gasteiger partial charge in [-0.2, -0.15) is 0 Å². The average molecular weight is 283 g/mol. The van der Waals surface area contributed by atoms with Crippen molar-refractivity contribution in [3.8, 4) is 0 Å². The maximum absolute atomic E-state index is 6.41. The summed E-state index contributed by atoms with van der Waals surface area (Å²) in [4.78, 5) is 6.56. The van der Waals surface area contributed by atoms with Crippen molar-refractivity contribution in [2.75, 3.05) is 17.7 Å². The number of nitrogen functional groups attached to an aromatic ring is 1. The molecule has 0 amide bonds. The summed E-state index contributed by atoms with van der Waals surface area (Å²) < 4.78 is 0. The number of aromatic nitrogens is 1. The summed E-state index contributed by atoms with van der Waals surface area (Å²) in [7, 11) is 2.19. The Morgan fingerprint density at radius 1 is 1.19 bits per heavy atom. The van der Waals surface area contributed by atoms with Crippen molar-refractivity contribution in [2.45, 2.75) is 45.1 Å². The first kappa shape index (κ1) is 14.2. The van der Waals surface area contributed by atoms with Crippen LogP contribution in [0.15, 0.2) is 30.6 Å². The number of rotatable bonds is 3. The summed E-state index contributed by atoms with van der Waals surface area (Å²) in [6.07, 6.45) is 10.3. The molecule has 1 aliphatic carbocycles. The molecule has 1 fully saturated rings. The van der Waals surface area contributed by atoms with Crippen molar-refractivity contribution >= 4 is 22.1 Å². The number of benzene rings is 1. The molecule has 112 valence electrons. The molecule has 1 aromatic carbocycles. The summed E-state index contributed by atoms with van der Waals surface area (Å²) in [6.45, 7) is 2.31. The molecule has 21 heavy (non-hydrogen) atoms. The van der Waals surface area contributed by atoms with E-state index in [1.807, 2.05) is 18.5 Å². The van der Waals surface area contributed by atoms with E-state index < -0.39 is 0 Å². The summed E-state index contributed by atoms with van der Waals surface area (Å²) in [5.41, 5.74) is 8.46. The highest BCUT2D eigenvalue weighted by Gasteiger charge is 2.24. The number of anilines is 2. The maximum Gasteiger partial charge on any atom is 0.0632 e. The molecular weight excluding hydrogens is 258 g/mol. The van der Waals surface area contributed by atoms with E-state index in [1.54, 1.807) is 0 Å². The molecule has 3 nitrogen and oxygen atoms in total. The van der Waals surface area contributed by atoms with Gasteiger partial charge in [-0.15, -0.1) is 0 Å². The standard InChI is InChI=1S/C18H25N3/c1-3-13-4-7-15(8-5-13)21(2)17-9-6-14-12-20-11-10-16(14)18(17)19/h6,9-13,15H,3-5,7-8,19H2,1-2H3. The van der Waals surface area contributed by atoms with Crippen LogP contribution in [0.4, 0.5) is 11.4 Å². The molecule has 1 aromatic heterocycles. The van der Waals surface area contributed by atoms with Gasteiger partial charge in [-0.3, -0.25) is 4.98 Å². The lowest BCUT2D eigenvalue weighted by Crippen LogP contribution is -2.35. The van der Waals surface area contributed by atoms with Gasteiger partial charge >= 0.3 is 0 Å². The normalized spacial score (nSPS) is 22.4. The third kappa shape index (κ3) is 2.69. The highest BCUT2D eigenvalue weighted by molar-refractivity contribution is 5.98. The Morgan fingerprint density at radius 2 is 1.95 bits per heavy atom. The summed E-state index contributed by atoms with van der Waals surface area (Å²) >= 11 is 0. The smallest absolute Gasteiger partial charge is 0.0632 e. The van der Waals surface area contributed by atoms with Gasteiger partial charge in [0.05, 0.1) is 11.4 Å². The molecule has 2 aromatic rings. The molecule has 0 saturated heterocycles. The Kier molecular flexibility index (Phi) is 4.00. The molecule has 1 aliphatic rings. The van der Waals surface area contributed by atoms with Crippen LogP contribution < -0.4 is 10.6 Å². The van der Waals surface area contributed by atoms with Crippen LogP contribution >= 0.6 is 0 Å². The molecular formula is C18H25N3. The van der Waals surface area contributed by atoms with Crippen LogP contribution in [0.2, 0.25) is 0 Å². The molecule has 0 aliphatic heterocycles. The van der Waals surface area contributed by atoms with Gasteiger partial charge in [-0.1, -0.05) is 19.4 Å². The van der Waals surface area contributed by atoms with Crippen LogP contribution in [0.1, 0.15) is 39.0 Å². The van der Waals surface area contributed by atoms with Crippen LogP contribution in [0.25, 0.3) is 10.8 Å².